The molecule has 5 heteroatoms. The Morgan fingerprint density at radius 2 is 2.11 bits per heavy atom. The summed E-state index contributed by atoms with van der Waals surface area (Å²) in [7, 11) is 0. The van der Waals surface area contributed by atoms with Crippen molar-refractivity contribution in [3.05, 3.63) is 16.5 Å². The second kappa shape index (κ2) is 6.90. The first-order valence-electron chi connectivity index (χ1n) is 6.68. The third-order valence-electron chi connectivity index (χ3n) is 3.12. The lowest BCUT2D eigenvalue weighted by Crippen LogP contribution is -2.14. The molecule has 1 aromatic heterocycles. The van der Waals surface area contributed by atoms with Gasteiger partial charge >= 0.3 is 0 Å². The van der Waals surface area contributed by atoms with E-state index in [1.165, 1.54) is 18.4 Å². The lowest BCUT2D eigenvalue weighted by atomic mass is 9.96. The van der Waals surface area contributed by atoms with Crippen molar-refractivity contribution in [2.45, 2.75) is 39.0 Å². The van der Waals surface area contributed by atoms with Gasteiger partial charge in [-0.3, -0.25) is 0 Å². The maximum absolute atomic E-state index is 5.96. The van der Waals surface area contributed by atoms with Gasteiger partial charge in [-0.05, 0) is 50.6 Å². The number of nitrogens with one attached hydrogen (secondary N) is 1. The number of ether oxygens (including phenoxy) is 1. The molecule has 1 heterocycles. The summed E-state index contributed by atoms with van der Waals surface area (Å²) in [5.74, 6) is 0.918. The molecule has 1 aromatic rings. The molecule has 0 aliphatic heterocycles. The summed E-state index contributed by atoms with van der Waals surface area (Å²) in [6, 6.07) is 0. The highest BCUT2D eigenvalue weighted by Gasteiger charge is 2.16. The molecule has 0 atom stereocenters. The minimum absolute atomic E-state index is 0.350. The van der Waals surface area contributed by atoms with Crippen LogP contribution in [0, 0.1) is 0 Å². The van der Waals surface area contributed by atoms with Gasteiger partial charge in [0.05, 0.1) is 5.69 Å². The largest absolute Gasteiger partial charge is 0.382 e. The molecule has 0 amide bonds. The molecule has 0 fully saturated rings. The lowest BCUT2D eigenvalue weighted by molar-refractivity contribution is 0.147. The lowest BCUT2D eigenvalue weighted by Gasteiger charge is -2.18. The standard InChI is InChI=1S/C13H20ClN3O/c1-2-18-9-5-8-15-12-10-6-3-4-7-11(10)16-13(14)17-12/h2-9H2,1H3,(H,15,16,17). The first kappa shape index (κ1) is 13.6. The number of nitrogens with zero attached hydrogens (tertiary/aromatic N) is 2. The fraction of sp³-hybridized carbons (Fsp3) is 0.692. The van der Waals surface area contributed by atoms with Crippen LogP contribution in [0.15, 0.2) is 0 Å². The molecular weight excluding hydrogens is 250 g/mol. The Balaban J connectivity index is 1.96. The average molecular weight is 270 g/mol. The van der Waals surface area contributed by atoms with Gasteiger partial charge in [0.2, 0.25) is 5.28 Å². The van der Waals surface area contributed by atoms with Crippen molar-refractivity contribution in [3.63, 3.8) is 0 Å². The molecule has 0 aromatic carbocycles. The molecule has 0 bridgehead atoms. The van der Waals surface area contributed by atoms with Gasteiger partial charge in [0.1, 0.15) is 5.82 Å². The molecule has 0 saturated carbocycles. The SMILES string of the molecule is CCOCCCNc1nc(Cl)nc2c1CCCC2. The van der Waals surface area contributed by atoms with Gasteiger partial charge in [0, 0.05) is 25.3 Å². The van der Waals surface area contributed by atoms with Gasteiger partial charge < -0.3 is 10.1 Å². The van der Waals surface area contributed by atoms with Crippen LogP contribution in [0.5, 0.6) is 0 Å². The van der Waals surface area contributed by atoms with Gasteiger partial charge in [0.25, 0.3) is 0 Å². The van der Waals surface area contributed by atoms with E-state index < -0.39 is 0 Å². The van der Waals surface area contributed by atoms with Crippen LogP contribution in [0.3, 0.4) is 0 Å². The van der Waals surface area contributed by atoms with Crippen LogP contribution in [0.25, 0.3) is 0 Å². The normalized spacial score (nSPS) is 14.3. The zero-order chi connectivity index (χ0) is 12.8. The second-order valence-corrected chi connectivity index (χ2v) is 4.79. The number of fused-ring (bicyclic) bond motifs is 1. The number of hydrogen-bond acceptors (Lipinski definition) is 4. The molecule has 4 nitrogen and oxygen atoms in total. The number of aromatic nitrogens is 2. The molecule has 1 N–H and O–H groups in total. The zero-order valence-electron chi connectivity index (χ0n) is 10.8. The molecule has 0 unspecified atom stereocenters. The van der Waals surface area contributed by atoms with E-state index in [1.807, 2.05) is 6.92 Å². The number of rotatable bonds is 6. The van der Waals surface area contributed by atoms with Crippen molar-refractivity contribution in [1.29, 1.82) is 0 Å². The first-order chi connectivity index (χ1) is 8.81. The molecule has 18 heavy (non-hydrogen) atoms. The summed E-state index contributed by atoms with van der Waals surface area (Å²) in [6.07, 6.45) is 5.46. The fourth-order valence-corrected chi connectivity index (χ4v) is 2.42. The van der Waals surface area contributed by atoms with Crippen molar-refractivity contribution in [3.8, 4) is 0 Å². The van der Waals surface area contributed by atoms with E-state index in [0.29, 0.717) is 5.28 Å². The number of halogens is 1. The smallest absolute Gasteiger partial charge is 0.224 e. The summed E-state index contributed by atoms with van der Waals surface area (Å²) in [6.45, 7) is 4.42. The molecule has 0 saturated heterocycles. The van der Waals surface area contributed by atoms with E-state index in [-0.39, 0.29) is 0 Å². The quantitative estimate of drug-likeness (QED) is 0.637. The van der Waals surface area contributed by atoms with Gasteiger partial charge in [-0.25, -0.2) is 9.97 Å². The minimum atomic E-state index is 0.350. The molecule has 2 rings (SSSR count). The maximum Gasteiger partial charge on any atom is 0.224 e. The molecular formula is C13H20ClN3O. The predicted molar refractivity (Wildman–Crippen MR) is 73.3 cm³/mol. The first-order valence-corrected chi connectivity index (χ1v) is 7.06. The third-order valence-corrected chi connectivity index (χ3v) is 3.29. The minimum Gasteiger partial charge on any atom is -0.382 e. The Morgan fingerprint density at radius 1 is 1.28 bits per heavy atom. The van der Waals surface area contributed by atoms with Crippen LogP contribution in [-0.4, -0.2) is 29.7 Å². The number of aryl methyl sites for hydroxylation is 1. The van der Waals surface area contributed by atoms with Crippen LogP contribution >= 0.6 is 11.6 Å². The summed E-state index contributed by atoms with van der Waals surface area (Å²) >= 11 is 5.96. The van der Waals surface area contributed by atoms with E-state index in [9.17, 15) is 0 Å². The number of anilines is 1. The van der Waals surface area contributed by atoms with Crippen molar-refractivity contribution in [2.24, 2.45) is 0 Å². The maximum atomic E-state index is 5.96. The molecule has 0 spiro atoms. The summed E-state index contributed by atoms with van der Waals surface area (Å²) in [5.41, 5.74) is 2.37. The van der Waals surface area contributed by atoms with Crippen LogP contribution < -0.4 is 5.32 Å². The molecule has 0 radical (unpaired) electrons. The van der Waals surface area contributed by atoms with Gasteiger partial charge in [-0.15, -0.1) is 0 Å². The van der Waals surface area contributed by atoms with Gasteiger partial charge in [-0.1, -0.05) is 0 Å². The highest BCUT2D eigenvalue weighted by Crippen LogP contribution is 2.26. The third kappa shape index (κ3) is 3.56. The van der Waals surface area contributed by atoms with E-state index in [0.717, 1.165) is 50.5 Å². The zero-order valence-corrected chi connectivity index (χ0v) is 11.6. The summed E-state index contributed by atoms with van der Waals surface area (Å²) in [5, 5.41) is 3.71. The van der Waals surface area contributed by atoms with Crippen molar-refractivity contribution in [2.75, 3.05) is 25.1 Å². The Labute approximate surface area is 113 Å². The van der Waals surface area contributed by atoms with Crippen LogP contribution in [0.2, 0.25) is 5.28 Å². The van der Waals surface area contributed by atoms with Crippen molar-refractivity contribution < 1.29 is 4.74 Å². The Kier molecular flexibility index (Phi) is 5.20. The van der Waals surface area contributed by atoms with E-state index in [4.69, 9.17) is 16.3 Å². The summed E-state index contributed by atoms with van der Waals surface area (Å²) < 4.78 is 5.31. The van der Waals surface area contributed by atoms with Crippen LogP contribution in [0.1, 0.15) is 37.4 Å². The Bertz CT molecular complexity index is 398. The monoisotopic (exact) mass is 269 g/mol. The van der Waals surface area contributed by atoms with E-state index in [2.05, 4.69) is 15.3 Å². The van der Waals surface area contributed by atoms with E-state index in [1.54, 1.807) is 0 Å². The summed E-state index contributed by atoms with van der Waals surface area (Å²) in [4.78, 5) is 8.63. The predicted octanol–water partition coefficient (Wildman–Crippen LogP) is 2.85. The number of hydrogen-bond donors (Lipinski definition) is 1. The van der Waals surface area contributed by atoms with Gasteiger partial charge in [0.15, 0.2) is 0 Å². The van der Waals surface area contributed by atoms with Crippen LogP contribution in [0.4, 0.5) is 5.82 Å². The van der Waals surface area contributed by atoms with Gasteiger partial charge in [-0.2, -0.15) is 0 Å². The molecule has 1 aliphatic rings. The van der Waals surface area contributed by atoms with E-state index >= 15 is 0 Å². The van der Waals surface area contributed by atoms with Crippen molar-refractivity contribution >= 4 is 17.4 Å². The highest BCUT2D eigenvalue weighted by atomic mass is 35.5. The molecule has 1 aliphatic carbocycles. The van der Waals surface area contributed by atoms with Crippen molar-refractivity contribution in [1.82, 2.24) is 9.97 Å². The molecule has 100 valence electrons. The average Bonchev–Trinajstić information content (AvgIpc) is 2.38. The topological polar surface area (TPSA) is 47.0 Å². The fourth-order valence-electron chi connectivity index (χ4n) is 2.24. The van der Waals surface area contributed by atoms with Crippen LogP contribution in [-0.2, 0) is 17.6 Å². The second-order valence-electron chi connectivity index (χ2n) is 4.45. The highest BCUT2D eigenvalue weighted by molar-refractivity contribution is 6.28. The Morgan fingerprint density at radius 3 is 2.94 bits per heavy atom. The Hall–Kier alpha value is -0.870.